The van der Waals surface area contributed by atoms with Crippen LogP contribution in [0.2, 0.25) is 5.02 Å². The highest BCUT2D eigenvalue weighted by Crippen LogP contribution is 2.21. The molecule has 6 heteroatoms. The second kappa shape index (κ2) is 9.76. The predicted octanol–water partition coefficient (Wildman–Crippen LogP) is 5.20. The van der Waals surface area contributed by atoms with Crippen LogP contribution in [-0.4, -0.2) is 17.4 Å². The highest BCUT2D eigenvalue weighted by atomic mass is 35.5. The second-order valence-electron chi connectivity index (χ2n) is 6.25. The fourth-order valence-corrected chi connectivity index (χ4v) is 2.64. The van der Waals surface area contributed by atoms with Crippen molar-refractivity contribution in [3.63, 3.8) is 0 Å². The Bertz CT molecular complexity index is 912. The van der Waals surface area contributed by atoms with Gasteiger partial charge in [-0.25, -0.2) is 0 Å². The van der Waals surface area contributed by atoms with E-state index in [9.17, 15) is 4.79 Å². The third kappa shape index (κ3) is 5.72. The van der Waals surface area contributed by atoms with Crippen molar-refractivity contribution in [1.29, 1.82) is 0 Å². The lowest BCUT2D eigenvalue weighted by Crippen LogP contribution is -2.24. The number of amides is 1. The zero-order valence-corrected chi connectivity index (χ0v) is 16.4. The first kappa shape index (κ1) is 19.7. The molecule has 0 saturated carbocycles. The minimum absolute atomic E-state index is 0.170. The predicted molar refractivity (Wildman–Crippen MR) is 112 cm³/mol. The van der Waals surface area contributed by atoms with Crippen LogP contribution in [-0.2, 0) is 6.61 Å². The van der Waals surface area contributed by atoms with E-state index < -0.39 is 0 Å². The minimum Gasteiger partial charge on any atom is -0.489 e. The Morgan fingerprint density at radius 2 is 1.79 bits per heavy atom. The number of aromatic nitrogens is 1. The number of pyridine rings is 1. The fourth-order valence-electron chi connectivity index (χ4n) is 2.51. The molecule has 1 aromatic heterocycles. The van der Waals surface area contributed by atoms with Gasteiger partial charge in [-0.1, -0.05) is 30.7 Å². The number of anilines is 2. The molecule has 5 nitrogen and oxygen atoms in total. The molecule has 0 bridgehead atoms. The van der Waals surface area contributed by atoms with Gasteiger partial charge >= 0.3 is 0 Å². The van der Waals surface area contributed by atoms with Crippen LogP contribution in [0.1, 0.15) is 29.4 Å². The van der Waals surface area contributed by atoms with Gasteiger partial charge in [-0.15, -0.1) is 0 Å². The second-order valence-corrected chi connectivity index (χ2v) is 6.69. The van der Waals surface area contributed by atoms with E-state index in [1.54, 1.807) is 12.3 Å². The van der Waals surface area contributed by atoms with E-state index in [0.717, 1.165) is 29.1 Å². The molecular weight excluding hydrogens is 374 g/mol. The van der Waals surface area contributed by atoms with E-state index >= 15 is 0 Å². The van der Waals surface area contributed by atoms with Gasteiger partial charge in [0.1, 0.15) is 18.1 Å². The number of ether oxygens (including phenoxy) is 1. The molecular formula is C22H22ClN3O2. The van der Waals surface area contributed by atoms with Crippen molar-refractivity contribution in [2.75, 3.05) is 11.9 Å². The first-order chi connectivity index (χ1) is 13.6. The van der Waals surface area contributed by atoms with E-state index in [4.69, 9.17) is 16.3 Å². The van der Waals surface area contributed by atoms with Crippen molar-refractivity contribution in [3.05, 3.63) is 83.1 Å². The number of benzene rings is 2. The quantitative estimate of drug-likeness (QED) is 0.550. The Morgan fingerprint density at radius 1 is 1.04 bits per heavy atom. The normalized spacial score (nSPS) is 10.4. The molecule has 144 valence electrons. The van der Waals surface area contributed by atoms with Crippen LogP contribution < -0.4 is 15.4 Å². The standard InChI is InChI=1S/C22H22ClN3O2/c1-2-12-25-22(27)21-14-19(11-13-24-21)26-18-7-9-20(10-8-18)28-15-16-3-5-17(23)6-4-16/h3-11,13-14H,2,12,15H2,1H3,(H,24,26)(H,25,27). The fraction of sp³-hybridized carbons (Fsp3) is 0.182. The summed E-state index contributed by atoms with van der Waals surface area (Å²) in [5.41, 5.74) is 3.13. The van der Waals surface area contributed by atoms with Crippen LogP contribution in [0.5, 0.6) is 5.75 Å². The highest BCUT2D eigenvalue weighted by molar-refractivity contribution is 6.30. The molecule has 2 aromatic carbocycles. The molecule has 0 saturated heterocycles. The molecule has 0 aliphatic carbocycles. The van der Waals surface area contributed by atoms with Gasteiger partial charge < -0.3 is 15.4 Å². The molecule has 0 aliphatic rings. The number of halogens is 1. The summed E-state index contributed by atoms with van der Waals surface area (Å²) in [5, 5.41) is 6.81. The van der Waals surface area contributed by atoms with Gasteiger partial charge in [-0.05, 0) is 60.5 Å². The molecule has 0 aliphatic heterocycles. The Hall–Kier alpha value is -3.05. The lowest BCUT2D eigenvalue weighted by molar-refractivity contribution is 0.0948. The average molecular weight is 396 g/mol. The molecule has 1 heterocycles. The molecule has 0 fully saturated rings. The Morgan fingerprint density at radius 3 is 2.50 bits per heavy atom. The molecule has 0 atom stereocenters. The summed E-state index contributed by atoms with van der Waals surface area (Å²) in [6.07, 6.45) is 2.50. The molecule has 3 rings (SSSR count). The van der Waals surface area contributed by atoms with Crippen molar-refractivity contribution >= 4 is 28.9 Å². The van der Waals surface area contributed by atoms with E-state index in [2.05, 4.69) is 15.6 Å². The van der Waals surface area contributed by atoms with Gasteiger partial charge in [0, 0.05) is 29.1 Å². The maximum atomic E-state index is 12.0. The number of carbonyl (C=O) groups excluding carboxylic acids is 1. The van der Waals surface area contributed by atoms with E-state index in [0.29, 0.717) is 23.9 Å². The lowest BCUT2D eigenvalue weighted by Gasteiger charge is -2.10. The molecule has 28 heavy (non-hydrogen) atoms. The highest BCUT2D eigenvalue weighted by Gasteiger charge is 2.07. The number of carbonyl (C=O) groups is 1. The number of hydrogen-bond acceptors (Lipinski definition) is 4. The number of hydrogen-bond donors (Lipinski definition) is 2. The van der Waals surface area contributed by atoms with Crippen LogP contribution in [0.25, 0.3) is 0 Å². The molecule has 2 N–H and O–H groups in total. The zero-order chi connectivity index (χ0) is 19.8. The van der Waals surface area contributed by atoms with Crippen molar-refractivity contribution in [2.45, 2.75) is 20.0 Å². The number of nitrogens with one attached hydrogen (secondary N) is 2. The van der Waals surface area contributed by atoms with Crippen LogP contribution in [0.4, 0.5) is 11.4 Å². The lowest BCUT2D eigenvalue weighted by atomic mass is 10.2. The van der Waals surface area contributed by atoms with Crippen LogP contribution in [0.15, 0.2) is 66.9 Å². The first-order valence-electron chi connectivity index (χ1n) is 9.12. The molecule has 0 spiro atoms. The molecule has 0 unspecified atom stereocenters. The summed E-state index contributed by atoms with van der Waals surface area (Å²) in [4.78, 5) is 16.2. The summed E-state index contributed by atoms with van der Waals surface area (Å²) >= 11 is 5.89. The van der Waals surface area contributed by atoms with E-state index in [1.807, 2.05) is 61.5 Å². The largest absolute Gasteiger partial charge is 0.489 e. The van der Waals surface area contributed by atoms with Crippen LogP contribution in [0.3, 0.4) is 0 Å². The maximum Gasteiger partial charge on any atom is 0.269 e. The summed E-state index contributed by atoms with van der Waals surface area (Å²) in [5.74, 6) is 0.603. The molecule has 3 aromatic rings. The summed E-state index contributed by atoms with van der Waals surface area (Å²) in [6.45, 7) is 3.12. The van der Waals surface area contributed by atoms with Crippen LogP contribution >= 0.6 is 11.6 Å². The Kier molecular flexibility index (Phi) is 6.87. The molecule has 0 radical (unpaired) electrons. The van der Waals surface area contributed by atoms with Gasteiger partial charge in [-0.2, -0.15) is 0 Å². The van der Waals surface area contributed by atoms with Gasteiger partial charge in [-0.3, -0.25) is 9.78 Å². The maximum absolute atomic E-state index is 12.0. The summed E-state index contributed by atoms with van der Waals surface area (Å²) < 4.78 is 5.79. The topological polar surface area (TPSA) is 63.2 Å². The number of nitrogens with zero attached hydrogens (tertiary/aromatic N) is 1. The van der Waals surface area contributed by atoms with Crippen molar-refractivity contribution in [2.24, 2.45) is 0 Å². The molecule has 1 amide bonds. The Balaban J connectivity index is 1.58. The minimum atomic E-state index is -0.170. The van der Waals surface area contributed by atoms with Crippen molar-refractivity contribution < 1.29 is 9.53 Å². The van der Waals surface area contributed by atoms with Gasteiger partial charge in [0.25, 0.3) is 5.91 Å². The van der Waals surface area contributed by atoms with Crippen molar-refractivity contribution in [1.82, 2.24) is 10.3 Å². The Labute approximate surface area is 169 Å². The third-order valence-electron chi connectivity index (χ3n) is 3.99. The van der Waals surface area contributed by atoms with E-state index in [1.165, 1.54) is 0 Å². The average Bonchev–Trinajstić information content (AvgIpc) is 2.73. The van der Waals surface area contributed by atoms with E-state index in [-0.39, 0.29) is 5.91 Å². The van der Waals surface area contributed by atoms with Crippen LogP contribution in [0, 0.1) is 0 Å². The SMILES string of the molecule is CCCNC(=O)c1cc(Nc2ccc(OCc3ccc(Cl)cc3)cc2)ccn1. The van der Waals surface area contributed by atoms with Crippen molar-refractivity contribution in [3.8, 4) is 5.75 Å². The first-order valence-corrected chi connectivity index (χ1v) is 9.50. The summed E-state index contributed by atoms with van der Waals surface area (Å²) in [7, 11) is 0. The smallest absolute Gasteiger partial charge is 0.269 e. The third-order valence-corrected chi connectivity index (χ3v) is 4.24. The van der Waals surface area contributed by atoms with Gasteiger partial charge in [0.05, 0.1) is 0 Å². The van der Waals surface area contributed by atoms with Gasteiger partial charge in [0.2, 0.25) is 0 Å². The monoisotopic (exact) mass is 395 g/mol. The number of rotatable bonds is 8. The van der Waals surface area contributed by atoms with Gasteiger partial charge in [0.15, 0.2) is 0 Å². The summed E-state index contributed by atoms with van der Waals surface area (Å²) in [6, 6.07) is 18.8. The zero-order valence-electron chi connectivity index (χ0n) is 15.6.